The average molecular weight is 455 g/mol. The zero-order valence-electron chi connectivity index (χ0n) is 18.7. The van der Waals surface area contributed by atoms with E-state index in [0.717, 1.165) is 5.56 Å². The lowest BCUT2D eigenvalue weighted by Gasteiger charge is -2.41. The number of aryl methyl sites for hydroxylation is 1. The average Bonchev–Trinajstić information content (AvgIpc) is 2.76. The van der Waals surface area contributed by atoms with Crippen LogP contribution in [0.5, 0.6) is 5.75 Å². The number of ether oxygens (including phenoxy) is 3. The summed E-state index contributed by atoms with van der Waals surface area (Å²) < 4.78 is 30.9. The number of aromatic nitrogens is 1. The highest BCUT2D eigenvalue weighted by Gasteiger charge is 2.42. The Kier molecular flexibility index (Phi) is 6.35. The number of benzene rings is 2. The minimum atomic E-state index is -0.846. The number of rotatable bonds is 6. The number of nitrogens with one attached hydrogen (secondary N) is 3. The standard InChI is InChI=1S/C24H26FN3O5/c1-14-4-7-18-16(6-9-21(29)26-18)22(14)28-23(30)27-19-11-24(12-31-2,13-32-3)33-20-8-5-15(25)10-17(19)20/h4-10,19H,11-13H2,1-3H3,(H,26,29)(H2,27,28,30)/t19-/m1/s1. The number of amides is 2. The van der Waals surface area contributed by atoms with E-state index in [1.54, 1.807) is 32.4 Å². The quantitative estimate of drug-likeness (QED) is 0.527. The van der Waals surface area contributed by atoms with Gasteiger partial charge in [0, 0.05) is 37.7 Å². The van der Waals surface area contributed by atoms with Crippen molar-refractivity contribution in [2.75, 3.05) is 32.8 Å². The Hall–Kier alpha value is -3.43. The fourth-order valence-corrected chi connectivity index (χ4v) is 4.33. The molecular formula is C24H26FN3O5. The second-order valence-corrected chi connectivity index (χ2v) is 8.23. The number of carbonyl (C=O) groups excluding carboxylic acids is 1. The Balaban J connectivity index is 1.64. The van der Waals surface area contributed by atoms with Crippen LogP contribution < -0.4 is 20.9 Å². The van der Waals surface area contributed by atoms with Crippen LogP contribution in [-0.4, -0.2) is 44.0 Å². The summed E-state index contributed by atoms with van der Waals surface area (Å²) in [6, 6.07) is 9.87. The second kappa shape index (κ2) is 9.21. The monoisotopic (exact) mass is 455 g/mol. The van der Waals surface area contributed by atoms with Crippen molar-refractivity contribution in [3.8, 4) is 5.75 Å². The number of anilines is 1. The first-order valence-corrected chi connectivity index (χ1v) is 10.5. The van der Waals surface area contributed by atoms with Gasteiger partial charge in [-0.3, -0.25) is 4.79 Å². The van der Waals surface area contributed by atoms with Crippen molar-refractivity contribution >= 4 is 22.6 Å². The highest BCUT2D eigenvalue weighted by atomic mass is 19.1. The zero-order chi connectivity index (χ0) is 23.6. The van der Waals surface area contributed by atoms with E-state index in [0.29, 0.717) is 34.3 Å². The molecule has 8 nitrogen and oxygen atoms in total. The topological polar surface area (TPSA) is 102 Å². The lowest BCUT2D eigenvalue weighted by Crippen LogP contribution is -2.51. The second-order valence-electron chi connectivity index (χ2n) is 8.23. The van der Waals surface area contributed by atoms with E-state index < -0.39 is 23.5 Å². The predicted octanol–water partition coefficient (Wildman–Crippen LogP) is 3.65. The lowest BCUT2D eigenvalue weighted by atomic mass is 9.88. The summed E-state index contributed by atoms with van der Waals surface area (Å²) in [4.78, 5) is 27.5. The van der Waals surface area contributed by atoms with E-state index in [1.165, 1.54) is 18.2 Å². The number of carbonyl (C=O) groups is 1. The Morgan fingerprint density at radius 3 is 2.67 bits per heavy atom. The molecule has 0 bridgehead atoms. The Morgan fingerprint density at radius 1 is 1.18 bits per heavy atom. The van der Waals surface area contributed by atoms with E-state index in [2.05, 4.69) is 15.6 Å². The molecule has 3 N–H and O–H groups in total. The smallest absolute Gasteiger partial charge is 0.319 e. The van der Waals surface area contributed by atoms with Crippen molar-refractivity contribution in [3.05, 3.63) is 69.8 Å². The van der Waals surface area contributed by atoms with Gasteiger partial charge in [-0.25, -0.2) is 9.18 Å². The molecular weight excluding hydrogens is 429 g/mol. The summed E-state index contributed by atoms with van der Waals surface area (Å²) in [6.45, 7) is 2.32. The number of pyridine rings is 1. The molecule has 0 radical (unpaired) electrons. The van der Waals surface area contributed by atoms with E-state index in [1.807, 2.05) is 13.0 Å². The third kappa shape index (κ3) is 4.69. The van der Waals surface area contributed by atoms with Crippen LogP contribution in [-0.2, 0) is 9.47 Å². The summed E-state index contributed by atoms with van der Waals surface area (Å²) >= 11 is 0. The molecule has 4 rings (SSSR count). The first kappa shape index (κ1) is 22.8. The highest BCUT2D eigenvalue weighted by Crippen LogP contribution is 2.40. The molecule has 9 heteroatoms. The maximum atomic E-state index is 14.0. The Labute approximate surface area is 190 Å². The summed E-state index contributed by atoms with van der Waals surface area (Å²) in [6.07, 6.45) is 0.320. The molecule has 1 aliphatic heterocycles. The van der Waals surface area contributed by atoms with Gasteiger partial charge in [0.25, 0.3) is 0 Å². The van der Waals surface area contributed by atoms with Gasteiger partial charge in [0.05, 0.1) is 30.5 Å². The first-order chi connectivity index (χ1) is 15.8. The van der Waals surface area contributed by atoms with Gasteiger partial charge in [-0.2, -0.15) is 0 Å². The molecule has 0 spiro atoms. The number of aromatic amines is 1. The minimum Gasteiger partial charge on any atom is -0.482 e. The van der Waals surface area contributed by atoms with Crippen molar-refractivity contribution in [1.82, 2.24) is 10.3 Å². The van der Waals surface area contributed by atoms with Crippen LogP contribution in [0.3, 0.4) is 0 Å². The molecule has 0 saturated carbocycles. The SMILES string of the molecule is COCC1(COC)C[C@@H](NC(=O)Nc2c(C)ccc3[nH]c(=O)ccc23)c2cc(F)ccc2O1. The number of H-pyrrole nitrogens is 1. The largest absolute Gasteiger partial charge is 0.482 e. The number of methoxy groups -OCH3 is 2. The normalized spacial score (nSPS) is 16.7. The van der Waals surface area contributed by atoms with Gasteiger partial charge in [0.1, 0.15) is 11.6 Å². The van der Waals surface area contributed by atoms with E-state index >= 15 is 0 Å². The molecule has 1 aromatic heterocycles. The third-order valence-electron chi connectivity index (χ3n) is 5.72. The van der Waals surface area contributed by atoms with Gasteiger partial charge in [-0.05, 0) is 42.8 Å². The molecule has 174 valence electrons. The van der Waals surface area contributed by atoms with Gasteiger partial charge in [0.2, 0.25) is 5.56 Å². The first-order valence-electron chi connectivity index (χ1n) is 10.5. The summed E-state index contributed by atoms with van der Waals surface area (Å²) in [5.74, 6) is 0.0327. The number of hydrogen-bond donors (Lipinski definition) is 3. The van der Waals surface area contributed by atoms with Crippen molar-refractivity contribution in [2.45, 2.75) is 25.0 Å². The van der Waals surface area contributed by atoms with E-state index in [-0.39, 0.29) is 18.8 Å². The maximum absolute atomic E-state index is 14.0. The van der Waals surface area contributed by atoms with E-state index in [4.69, 9.17) is 14.2 Å². The minimum absolute atomic E-state index is 0.227. The molecule has 1 aliphatic rings. The van der Waals surface area contributed by atoms with Crippen molar-refractivity contribution in [1.29, 1.82) is 0 Å². The lowest BCUT2D eigenvalue weighted by molar-refractivity contribution is -0.0770. The summed E-state index contributed by atoms with van der Waals surface area (Å²) in [5.41, 5.74) is 1.48. The summed E-state index contributed by atoms with van der Waals surface area (Å²) in [7, 11) is 3.12. The number of fused-ring (bicyclic) bond motifs is 2. The zero-order valence-corrected chi connectivity index (χ0v) is 18.7. The van der Waals surface area contributed by atoms with Crippen molar-refractivity contribution in [2.24, 2.45) is 0 Å². The van der Waals surface area contributed by atoms with Crippen LogP contribution in [0.2, 0.25) is 0 Å². The predicted molar refractivity (Wildman–Crippen MR) is 122 cm³/mol. The van der Waals surface area contributed by atoms with Crippen LogP contribution in [0.4, 0.5) is 14.9 Å². The Bertz CT molecular complexity index is 1240. The fourth-order valence-electron chi connectivity index (χ4n) is 4.33. The molecule has 0 aliphatic carbocycles. The van der Waals surface area contributed by atoms with Crippen LogP contribution in [0.25, 0.3) is 10.9 Å². The molecule has 3 aromatic rings. The Morgan fingerprint density at radius 2 is 1.94 bits per heavy atom. The third-order valence-corrected chi connectivity index (χ3v) is 5.72. The number of urea groups is 1. The van der Waals surface area contributed by atoms with Gasteiger partial charge < -0.3 is 29.8 Å². The number of halogens is 1. The summed E-state index contributed by atoms with van der Waals surface area (Å²) in [5, 5.41) is 6.54. The molecule has 2 amide bonds. The van der Waals surface area contributed by atoms with Crippen molar-refractivity contribution < 1.29 is 23.4 Å². The van der Waals surface area contributed by atoms with Crippen LogP contribution in [0, 0.1) is 12.7 Å². The molecule has 33 heavy (non-hydrogen) atoms. The van der Waals surface area contributed by atoms with Gasteiger partial charge in [-0.15, -0.1) is 0 Å². The molecule has 0 fully saturated rings. The molecule has 0 unspecified atom stereocenters. The molecule has 1 atom stereocenters. The highest BCUT2D eigenvalue weighted by molar-refractivity contribution is 6.01. The van der Waals surface area contributed by atoms with Gasteiger partial charge in [0.15, 0.2) is 5.60 Å². The maximum Gasteiger partial charge on any atom is 0.319 e. The number of hydrogen-bond acceptors (Lipinski definition) is 5. The van der Waals surface area contributed by atoms with Gasteiger partial charge in [-0.1, -0.05) is 6.07 Å². The van der Waals surface area contributed by atoms with E-state index in [9.17, 15) is 14.0 Å². The van der Waals surface area contributed by atoms with Crippen molar-refractivity contribution in [3.63, 3.8) is 0 Å². The fraction of sp³-hybridized carbons (Fsp3) is 0.333. The van der Waals surface area contributed by atoms with Crippen LogP contribution >= 0.6 is 0 Å². The molecule has 2 aromatic carbocycles. The van der Waals surface area contributed by atoms with Crippen LogP contribution in [0.1, 0.15) is 23.6 Å². The van der Waals surface area contributed by atoms with Gasteiger partial charge >= 0.3 is 6.03 Å². The molecule has 0 saturated heterocycles. The van der Waals surface area contributed by atoms with Crippen LogP contribution in [0.15, 0.2) is 47.3 Å². The molecule has 2 heterocycles.